The van der Waals surface area contributed by atoms with E-state index in [9.17, 15) is 0 Å². The van der Waals surface area contributed by atoms with Crippen LogP contribution in [0.4, 0.5) is 0 Å². The van der Waals surface area contributed by atoms with Crippen LogP contribution in [0.3, 0.4) is 0 Å². The van der Waals surface area contributed by atoms with Crippen LogP contribution in [0.25, 0.3) is 0 Å². The van der Waals surface area contributed by atoms with Gasteiger partial charge in [0.25, 0.3) is 5.82 Å². The first-order valence-corrected chi connectivity index (χ1v) is 13.8. The van der Waals surface area contributed by atoms with E-state index in [0.717, 1.165) is 19.4 Å². The van der Waals surface area contributed by atoms with E-state index in [4.69, 9.17) is 0 Å². The minimum atomic E-state index is 0.519. The monoisotopic (exact) mass is 459 g/mol. The minimum Gasteiger partial charge on any atom is -0.234 e. The predicted octanol–water partition coefficient (Wildman–Crippen LogP) is 8.17. The number of nitrogens with zero attached hydrogens (tertiary/aromatic N) is 2. The molecular weight excluding hydrogens is 412 g/mol. The molecule has 2 nitrogen and oxygen atoms in total. The van der Waals surface area contributed by atoms with Crippen LogP contribution < -0.4 is 4.57 Å². The topological polar surface area (TPSA) is 8.81 Å². The standard InChI is InChI=1S/C32H47N2/c1-4-5-6-7-8-9-10-11-12-19-24-34-27-31(25-28(2)30-22-17-14-18-23-30)33(3)32(34)26-29-20-15-13-16-21-29/h13-18,20-23,27-28H,4-12,19,24-26H2,1-3H3/q+1. The Kier molecular flexibility index (Phi) is 11.4. The van der Waals surface area contributed by atoms with E-state index in [1.807, 2.05) is 0 Å². The van der Waals surface area contributed by atoms with Crippen LogP contribution in [0, 0.1) is 0 Å². The fourth-order valence-corrected chi connectivity index (χ4v) is 5.06. The van der Waals surface area contributed by atoms with Gasteiger partial charge in [0.2, 0.25) is 0 Å². The Morgan fingerprint density at radius 3 is 1.91 bits per heavy atom. The highest BCUT2D eigenvalue weighted by atomic mass is 15.1. The fourth-order valence-electron chi connectivity index (χ4n) is 5.06. The molecule has 34 heavy (non-hydrogen) atoms. The molecule has 184 valence electrons. The van der Waals surface area contributed by atoms with Gasteiger partial charge in [-0.25, -0.2) is 9.13 Å². The molecule has 0 aliphatic heterocycles. The van der Waals surface area contributed by atoms with Crippen molar-refractivity contribution in [2.24, 2.45) is 7.05 Å². The van der Waals surface area contributed by atoms with Crippen LogP contribution in [0.5, 0.6) is 0 Å². The quantitative estimate of drug-likeness (QED) is 0.151. The third kappa shape index (κ3) is 8.46. The summed E-state index contributed by atoms with van der Waals surface area (Å²) in [7, 11) is 2.26. The lowest BCUT2D eigenvalue weighted by molar-refractivity contribution is -0.704. The van der Waals surface area contributed by atoms with Crippen molar-refractivity contribution < 1.29 is 4.57 Å². The van der Waals surface area contributed by atoms with E-state index in [1.165, 1.54) is 86.9 Å². The van der Waals surface area contributed by atoms with Crippen molar-refractivity contribution in [3.63, 3.8) is 0 Å². The number of hydrogen-bond acceptors (Lipinski definition) is 0. The van der Waals surface area contributed by atoms with Gasteiger partial charge in [-0.2, -0.15) is 0 Å². The van der Waals surface area contributed by atoms with Gasteiger partial charge in [0, 0.05) is 6.42 Å². The lowest BCUT2D eigenvalue weighted by Gasteiger charge is -2.10. The lowest BCUT2D eigenvalue weighted by atomic mass is 9.96. The first-order valence-electron chi connectivity index (χ1n) is 13.8. The number of imidazole rings is 1. The van der Waals surface area contributed by atoms with E-state index in [-0.39, 0.29) is 0 Å². The zero-order valence-electron chi connectivity index (χ0n) is 22.0. The Balaban J connectivity index is 1.57. The van der Waals surface area contributed by atoms with Crippen molar-refractivity contribution in [3.8, 4) is 0 Å². The normalized spacial score (nSPS) is 12.2. The summed E-state index contributed by atoms with van der Waals surface area (Å²) >= 11 is 0. The summed E-state index contributed by atoms with van der Waals surface area (Å²) in [6.45, 7) is 5.78. The third-order valence-corrected chi connectivity index (χ3v) is 7.30. The van der Waals surface area contributed by atoms with Crippen molar-refractivity contribution in [1.82, 2.24) is 4.57 Å². The van der Waals surface area contributed by atoms with E-state index in [1.54, 1.807) is 0 Å². The molecule has 1 aromatic heterocycles. The molecule has 1 atom stereocenters. The summed E-state index contributed by atoms with van der Waals surface area (Å²) in [6.07, 6.45) is 18.4. The van der Waals surface area contributed by atoms with Gasteiger partial charge < -0.3 is 0 Å². The van der Waals surface area contributed by atoms with Gasteiger partial charge in [0.15, 0.2) is 0 Å². The molecule has 0 bridgehead atoms. The van der Waals surface area contributed by atoms with Crippen LogP contribution in [0.1, 0.15) is 107 Å². The second kappa shape index (κ2) is 14.8. The Morgan fingerprint density at radius 1 is 0.735 bits per heavy atom. The van der Waals surface area contributed by atoms with Crippen molar-refractivity contribution in [1.29, 1.82) is 0 Å². The zero-order valence-corrected chi connectivity index (χ0v) is 22.0. The van der Waals surface area contributed by atoms with Gasteiger partial charge in [0.05, 0.1) is 20.0 Å². The van der Waals surface area contributed by atoms with E-state index in [0.29, 0.717) is 5.92 Å². The number of aromatic nitrogens is 2. The second-order valence-corrected chi connectivity index (χ2v) is 10.1. The minimum absolute atomic E-state index is 0.519. The molecule has 0 N–H and O–H groups in total. The molecule has 1 heterocycles. The predicted molar refractivity (Wildman–Crippen MR) is 145 cm³/mol. The van der Waals surface area contributed by atoms with Gasteiger partial charge in [-0.1, -0.05) is 126 Å². The van der Waals surface area contributed by atoms with Crippen LogP contribution in [-0.2, 0) is 26.4 Å². The Hall–Kier alpha value is -2.35. The summed E-state index contributed by atoms with van der Waals surface area (Å²) in [5, 5.41) is 0. The van der Waals surface area contributed by atoms with Gasteiger partial charge >= 0.3 is 0 Å². The molecular formula is C32H47N2+. The van der Waals surface area contributed by atoms with E-state index in [2.05, 4.69) is 96.9 Å². The van der Waals surface area contributed by atoms with Crippen LogP contribution in [-0.4, -0.2) is 4.57 Å². The van der Waals surface area contributed by atoms with Crippen LogP contribution >= 0.6 is 0 Å². The van der Waals surface area contributed by atoms with Gasteiger partial charge in [-0.15, -0.1) is 0 Å². The molecule has 0 aliphatic rings. The first-order chi connectivity index (χ1) is 16.7. The molecule has 3 rings (SSSR count). The van der Waals surface area contributed by atoms with Gasteiger partial charge in [-0.05, 0) is 29.9 Å². The highest BCUT2D eigenvalue weighted by Gasteiger charge is 2.22. The summed E-state index contributed by atoms with van der Waals surface area (Å²) in [5.74, 6) is 1.95. The molecule has 0 radical (unpaired) electrons. The Morgan fingerprint density at radius 2 is 1.29 bits per heavy atom. The van der Waals surface area contributed by atoms with Crippen molar-refractivity contribution in [3.05, 3.63) is 89.5 Å². The Labute approximate surface area is 209 Å². The SMILES string of the molecule is CCCCCCCCCCCC[n+]1cc(CC(C)c2ccccc2)n(C)c1Cc1ccccc1. The third-order valence-electron chi connectivity index (χ3n) is 7.30. The molecule has 0 saturated carbocycles. The van der Waals surface area contributed by atoms with Crippen LogP contribution in [0.2, 0.25) is 0 Å². The highest BCUT2D eigenvalue weighted by Crippen LogP contribution is 2.21. The molecule has 0 aliphatic carbocycles. The largest absolute Gasteiger partial charge is 0.260 e. The molecule has 0 amide bonds. The number of hydrogen-bond donors (Lipinski definition) is 0. The summed E-state index contributed by atoms with van der Waals surface area (Å²) < 4.78 is 5.01. The van der Waals surface area contributed by atoms with Gasteiger partial charge in [0.1, 0.15) is 11.9 Å². The number of unbranched alkanes of at least 4 members (excludes halogenated alkanes) is 9. The summed E-state index contributed by atoms with van der Waals surface area (Å²) in [5.41, 5.74) is 4.26. The highest BCUT2D eigenvalue weighted by molar-refractivity contribution is 5.22. The van der Waals surface area contributed by atoms with Gasteiger partial charge in [-0.3, -0.25) is 0 Å². The molecule has 0 spiro atoms. The second-order valence-electron chi connectivity index (χ2n) is 10.1. The maximum absolute atomic E-state index is 2.55. The maximum Gasteiger partial charge on any atom is 0.260 e. The smallest absolute Gasteiger partial charge is 0.234 e. The van der Waals surface area contributed by atoms with Crippen LogP contribution in [0.15, 0.2) is 66.9 Å². The molecule has 0 saturated heterocycles. The van der Waals surface area contributed by atoms with E-state index >= 15 is 0 Å². The van der Waals surface area contributed by atoms with Crippen molar-refractivity contribution in [2.75, 3.05) is 0 Å². The lowest BCUT2D eigenvalue weighted by Crippen LogP contribution is -2.37. The molecule has 2 heteroatoms. The van der Waals surface area contributed by atoms with E-state index < -0.39 is 0 Å². The maximum atomic E-state index is 2.55. The van der Waals surface area contributed by atoms with Crippen molar-refractivity contribution >= 4 is 0 Å². The molecule has 0 fully saturated rings. The number of aryl methyl sites for hydroxylation is 1. The number of benzene rings is 2. The zero-order chi connectivity index (χ0) is 24.0. The average molecular weight is 460 g/mol. The Bertz CT molecular complexity index is 926. The summed E-state index contributed by atoms with van der Waals surface area (Å²) in [6, 6.07) is 21.9. The van der Waals surface area contributed by atoms with Crippen molar-refractivity contribution in [2.45, 2.75) is 103 Å². The molecule has 1 unspecified atom stereocenters. The first kappa shape index (κ1) is 26.3. The average Bonchev–Trinajstić information content (AvgIpc) is 3.15. The molecule has 2 aromatic carbocycles. The molecule has 3 aromatic rings. The fraction of sp³-hybridized carbons (Fsp3) is 0.531. The number of rotatable bonds is 16. The summed E-state index contributed by atoms with van der Waals surface area (Å²) in [4.78, 5) is 0.